The van der Waals surface area contributed by atoms with Crippen LogP contribution in [0.25, 0.3) is 0 Å². The van der Waals surface area contributed by atoms with Gasteiger partial charge in [-0.05, 0) is 45.0 Å². The maximum atomic E-state index is 10.7. The molecular formula is C35H80N6O5Y2-2. The van der Waals surface area contributed by atoms with Crippen LogP contribution in [0.5, 0.6) is 0 Å². The Balaban J connectivity index is -0.0000000403. The fraction of sp³-hybridized carbons (Fsp3) is 0.686. The summed E-state index contributed by atoms with van der Waals surface area (Å²) in [4.78, 5) is 31.7. The van der Waals surface area contributed by atoms with Crippen molar-refractivity contribution in [2.45, 2.75) is 109 Å². The smallest absolute Gasteiger partial charge is 0.243 e. The Morgan fingerprint density at radius 1 is 0.750 bits per heavy atom. The molecule has 1 heterocycles. The van der Waals surface area contributed by atoms with E-state index in [-0.39, 0.29) is 104 Å². The van der Waals surface area contributed by atoms with Crippen molar-refractivity contribution in [2.24, 2.45) is 5.73 Å². The Morgan fingerprint density at radius 3 is 1.35 bits per heavy atom. The first kappa shape index (κ1) is 77.2. The van der Waals surface area contributed by atoms with Crippen LogP contribution in [0.2, 0.25) is 0 Å². The molecule has 1 saturated heterocycles. The normalized spacial score (nSPS) is 8.44. The van der Waals surface area contributed by atoms with Crippen LogP contribution >= 0.6 is 0 Å². The van der Waals surface area contributed by atoms with Crippen molar-refractivity contribution in [3.05, 3.63) is 51.2 Å². The number of nitrogens with two attached hydrogens (primary N) is 1. The van der Waals surface area contributed by atoms with E-state index in [2.05, 4.69) is 51.1 Å². The third-order valence-electron chi connectivity index (χ3n) is 3.61. The molecule has 0 aromatic rings. The summed E-state index contributed by atoms with van der Waals surface area (Å²) in [5.41, 5.74) is 5.23. The zero-order chi connectivity index (χ0) is 35.9. The number of amides is 3. The Morgan fingerprint density at radius 2 is 1.10 bits per heavy atom. The van der Waals surface area contributed by atoms with Gasteiger partial charge in [-0.2, -0.15) is 13.0 Å². The maximum absolute atomic E-state index is 10.7. The number of hydrogen-bond donors (Lipinski definition) is 7. The number of unbranched alkanes of at least 4 members (excludes halogenated alkanes) is 2. The molecule has 0 aromatic heterocycles. The number of rotatable bonds is 17. The first-order chi connectivity index (χ1) is 21.3. The Hall–Kier alpha value is -0.362. The number of epoxide rings is 1. The predicted molar refractivity (Wildman–Crippen MR) is 204 cm³/mol. The molecule has 3 amide bonds. The molecule has 0 atom stereocenters. The number of carbonyl (C=O) groups excluding carboxylic acids is 3. The van der Waals surface area contributed by atoms with Gasteiger partial charge in [0.2, 0.25) is 17.7 Å². The van der Waals surface area contributed by atoms with Gasteiger partial charge < -0.3 is 42.2 Å². The molecule has 1 aliphatic rings. The van der Waals surface area contributed by atoms with Gasteiger partial charge in [-0.25, -0.2) is 6.61 Å². The van der Waals surface area contributed by atoms with Gasteiger partial charge >= 0.3 is 0 Å². The molecular weight excluding hydrogens is 762 g/mol. The van der Waals surface area contributed by atoms with Crippen LogP contribution in [-0.2, 0) is 84.5 Å². The quantitative estimate of drug-likeness (QED) is 0.0426. The van der Waals surface area contributed by atoms with E-state index in [9.17, 15) is 14.4 Å². The molecule has 0 bridgehead atoms. The summed E-state index contributed by atoms with van der Waals surface area (Å²) >= 11 is 0. The summed E-state index contributed by atoms with van der Waals surface area (Å²) in [7, 11) is 0. The van der Waals surface area contributed by atoms with Crippen LogP contribution in [0.15, 0.2) is 38.0 Å². The van der Waals surface area contributed by atoms with Crippen LogP contribution in [0, 0.1) is 13.2 Å². The van der Waals surface area contributed by atoms with Gasteiger partial charge in [0, 0.05) is 111 Å². The van der Waals surface area contributed by atoms with Crippen molar-refractivity contribution in [2.75, 3.05) is 52.4 Å². The minimum atomic E-state index is -0.139. The molecule has 0 aliphatic carbocycles. The topological polar surface area (TPSA) is 170 Å². The summed E-state index contributed by atoms with van der Waals surface area (Å²) in [5.74, 6) is -0.388. The largest absolute Gasteiger partial charge is 0.574 e. The molecule has 48 heavy (non-hydrogen) atoms. The van der Waals surface area contributed by atoms with E-state index < -0.39 is 0 Å². The molecule has 288 valence electrons. The molecule has 1 fully saturated rings. The van der Waals surface area contributed by atoms with E-state index in [1.165, 1.54) is 24.8 Å². The number of hydrogen-bond acceptors (Lipinski definition) is 8. The van der Waals surface area contributed by atoms with Gasteiger partial charge in [-0.3, -0.25) is 14.4 Å². The third kappa shape index (κ3) is 119. The molecule has 11 nitrogen and oxygen atoms in total. The molecule has 2 radical (unpaired) electrons. The van der Waals surface area contributed by atoms with Gasteiger partial charge in [-0.15, -0.1) is 0 Å². The number of aliphatic hydroxyl groups excluding tert-OH is 1. The van der Waals surface area contributed by atoms with Gasteiger partial charge in [0.15, 0.2) is 0 Å². The van der Waals surface area contributed by atoms with E-state index in [1.54, 1.807) is 6.61 Å². The van der Waals surface area contributed by atoms with Crippen LogP contribution < -0.4 is 32.3 Å². The van der Waals surface area contributed by atoms with E-state index in [1.807, 2.05) is 69.2 Å². The van der Waals surface area contributed by atoms with E-state index >= 15 is 0 Å². The molecule has 1 aliphatic heterocycles. The molecule has 0 aromatic carbocycles. The minimum Gasteiger partial charge on any atom is -0.574 e. The second kappa shape index (κ2) is 85.8. The van der Waals surface area contributed by atoms with Crippen molar-refractivity contribution in [3.63, 3.8) is 0 Å². The summed E-state index contributed by atoms with van der Waals surface area (Å²) in [5, 5.41) is 22.5. The first-order valence-electron chi connectivity index (χ1n) is 16.0. The zero-order valence-electron chi connectivity index (χ0n) is 31.2. The second-order valence-electron chi connectivity index (χ2n) is 7.32. The fourth-order valence-corrected chi connectivity index (χ4v) is 1.87. The standard InChI is InChI=1S/C10H19N2O2.C7H15N3O.C6H11NO.C2H3O.4C2H6.2CH4.2Y/c1-2-10(14)12-8-7-11-6-4-3-5-9-13;1-2-7(11)10-6-5-9-4-3-8;1-4-6(8)7-5(2)3;1-2-3-1;4*1-2;;;;/h2,9,11,13H,1,3-8H2,(H,12,14);2,9H,1,3-6,8H2,(H,10,11);4-5H,1H2,2-3H3,(H,7,8);1H,2H2;4*1-2H3;2*1H4;;/q-1;;;-1;;;;;;;;. The maximum Gasteiger partial charge on any atom is 0.243 e. The Kier molecular flexibility index (Phi) is 138. The number of carbonyl (C=O) groups is 3. The third-order valence-corrected chi connectivity index (χ3v) is 3.61. The SMILES string of the molecule is C.C.C=CC(=O)NC(C)C.C=CC(=O)NCCNCCCC[CH-]O.C=CC(=O)NCCNCCN.CC.CC.CC.CC.[CH-]1CO1.[Y].[Y]. The number of aliphatic hydroxyl groups is 1. The molecule has 0 spiro atoms. The average Bonchev–Trinajstić information content (AvgIpc) is 3.96. The van der Waals surface area contributed by atoms with E-state index in [4.69, 9.17) is 10.8 Å². The molecule has 0 saturated carbocycles. The number of nitrogens with one attached hydrogen (secondary N) is 5. The summed E-state index contributed by atoms with van der Waals surface area (Å²) in [6.45, 7) is 38.7. The molecule has 0 unspecified atom stereocenters. The van der Waals surface area contributed by atoms with Crippen LogP contribution in [0.1, 0.15) is 103 Å². The summed E-state index contributed by atoms with van der Waals surface area (Å²) < 4.78 is 4.38. The second-order valence-corrected chi connectivity index (χ2v) is 7.32. The zero-order valence-corrected chi connectivity index (χ0v) is 36.9. The molecule has 8 N–H and O–H groups in total. The minimum absolute atomic E-state index is 0. The van der Waals surface area contributed by atoms with Gasteiger partial charge in [-0.1, -0.05) is 103 Å². The summed E-state index contributed by atoms with van der Waals surface area (Å²) in [6.07, 6.45) is 6.55. The molecule has 13 heteroatoms. The first-order valence-corrected chi connectivity index (χ1v) is 16.0. The average molecular weight is 843 g/mol. The fourth-order valence-electron chi connectivity index (χ4n) is 1.87. The van der Waals surface area contributed by atoms with Crippen LogP contribution in [0.4, 0.5) is 0 Å². The van der Waals surface area contributed by atoms with Crippen LogP contribution in [-0.4, -0.2) is 81.3 Å². The predicted octanol–water partition coefficient (Wildman–Crippen LogP) is 5.67. The molecule has 1 rings (SSSR count). The van der Waals surface area contributed by atoms with E-state index in [0.717, 1.165) is 52.0 Å². The van der Waals surface area contributed by atoms with Crippen molar-refractivity contribution < 1.29 is 89.6 Å². The monoisotopic (exact) mass is 842 g/mol. The van der Waals surface area contributed by atoms with Gasteiger partial charge in [0.25, 0.3) is 0 Å². The van der Waals surface area contributed by atoms with Gasteiger partial charge in [0.05, 0.1) is 0 Å². The van der Waals surface area contributed by atoms with Crippen molar-refractivity contribution in [1.82, 2.24) is 26.6 Å². The van der Waals surface area contributed by atoms with Crippen molar-refractivity contribution in [3.8, 4) is 0 Å². The Bertz CT molecular complexity index is 585. The van der Waals surface area contributed by atoms with Crippen LogP contribution in [0.3, 0.4) is 0 Å². The van der Waals surface area contributed by atoms with Gasteiger partial charge in [0.1, 0.15) is 0 Å². The summed E-state index contributed by atoms with van der Waals surface area (Å²) in [6, 6.07) is 0.209. The van der Waals surface area contributed by atoms with E-state index in [0.29, 0.717) is 19.6 Å². The van der Waals surface area contributed by atoms with Crippen molar-refractivity contribution >= 4 is 17.7 Å². The number of ether oxygens (including phenoxy) is 1. The van der Waals surface area contributed by atoms with Crippen molar-refractivity contribution in [1.29, 1.82) is 0 Å². The Labute approximate surface area is 349 Å².